The quantitative estimate of drug-likeness (QED) is 0.133. The fourth-order valence-electron chi connectivity index (χ4n) is 19.5. The minimum Gasteiger partial charge on any atom is -0.310 e. The van der Waals surface area contributed by atoms with E-state index in [0.29, 0.717) is 0 Å². The molecule has 0 N–H and O–H groups in total. The Morgan fingerprint density at radius 1 is 0.165 bits per heavy atom. The second-order valence-corrected chi connectivity index (χ2v) is 27.9. The molecule has 0 amide bonds. The van der Waals surface area contributed by atoms with Gasteiger partial charge >= 0.3 is 0 Å². The van der Waals surface area contributed by atoms with E-state index in [0.717, 1.165) is 56.4 Å². The molecule has 1 spiro atoms. The van der Waals surface area contributed by atoms with Gasteiger partial charge in [-0.15, -0.1) is 0 Å². The summed E-state index contributed by atoms with van der Waals surface area (Å²) in [6.45, 7) is 0. The van der Waals surface area contributed by atoms with Crippen molar-refractivity contribution in [3.63, 3.8) is 0 Å². The summed E-state index contributed by atoms with van der Waals surface area (Å²) in [5.74, 6) is 0. The molecule has 103 heavy (non-hydrogen) atoms. The Balaban J connectivity index is 0.935. The van der Waals surface area contributed by atoms with Gasteiger partial charge in [-0.3, -0.25) is 0 Å². The standard InChI is InChI=1S/C101H66N2/c1-7-34-67(35-8-1)99(68-36-9-2-10-37-68)88-59-25-27-62-91(88)102(71-42-15-5-16-43-71)93-64-32-53-79(97(93)99)73-49-29-51-77-83(73)66-84-74(50-30-52-78(84)95(77)82-55-31-61-90-96(82)81-48-21-24-58-87(81)101(90)85-56-22-19-46-75(85)76-47-20-23-57-86(76)101)80-54-33-65-94-98(80)100(69-38-11-3-12-39-69,70-40-13-4-14-41-70)89-60-26-28-63-92(89)103(94)72-44-17-6-18-45-72/h1-66H. The molecule has 17 aromatic rings. The molecule has 4 aliphatic rings. The van der Waals surface area contributed by atoms with Crippen LogP contribution >= 0.6 is 0 Å². The second kappa shape index (κ2) is 23.0. The lowest BCUT2D eigenvalue weighted by Gasteiger charge is -2.47. The minimum atomic E-state index is -0.794. The van der Waals surface area contributed by atoms with Crippen LogP contribution in [0.2, 0.25) is 0 Å². The minimum absolute atomic E-state index is 0.559. The molecule has 0 unspecified atom stereocenters. The van der Waals surface area contributed by atoms with E-state index in [1.54, 1.807) is 0 Å². The topological polar surface area (TPSA) is 6.48 Å². The summed E-state index contributed by atoms with van der Waals surface area (Å²) in [5.41, 5.74) is 31.7. The Morgan fingerprint density at radius 2 is 0.456 bits per heavy atom. The number of rotatable bonds is 9. The molecule has 0 atom stereocenters. The molecule has 0 saturated carbocycles. The fraction of sp³-hybridized carbons (Fsp3) is 0.0297. The SMILES string of the molecule is c1ccc(N2c3ccccc3C(c3ccccc3)(c3ccccc3)c3c(-c4cccc5c(-c6cccc7c6-c6ccccc6C76c7ccccc7-c7ccccc76)c6cccc(-c7cccc8c7C(c7ccccc7)(c7ccccc7)c7ccccc7N8c7ccccc7)c6cc45)cccc32)cc1. The molecular formula is C101H66N2. The lowest BCUT2D eigenvalue weighted by Crippen LogP contribution is -2.38. The molecule has 2 heterocycles. The van der Waals surface area contributed by atoms with Gasteiger partial charge in [-0.05, 0) is 187 Å². The van der Waals surface area contributed by atoms with Gasteiger partial charge in [-0.25, -0.2) is 0 Å². The van der Waals surface area contributed by atoms with Crippen LogP contribution in [0.25, 0.3) is 77.2 Å². The monoisotopic (exact) mass is 1310 g/mol. The van der Waals surface area contributed by atoms with Gasteiger partial charge in [-0.1, -0.05) is 346 Å². The number of benzene rings is 17. The van der Waals surface area contributed by atoms with Crippen molar-refractivity contribution in [1.29, 1.82) is 0 Å². The molecule has 2 aliphatic carbocycles. The van der Waals surface area contributed by atoms with E-state index >= 15 is 0 Å². The van der Waals surface area contributed by atoms with Crippen molar-refractivity contribution in [3.05, 3.63) is 467 Å². The van der Waals surface area contributed by atoms with E-state index in [2.05, 4.69) is 410 Å². The zero-order valence-electron chi connectivity index (χ0n) is 56.5. The van der Waals surface area contributed by atoms with E-state index in [1.807, 2.05) is 0 Å². The van der Waals surface area contributed by atoms with E-state index in [9.17, 15) is 0 Å². The third-order valence-electron chi connectivity index (χ3n) is 23.2. The first-order valence-electron chi connectivity index (χ1n) is 36.0. The van der Waals surface area contributed by atoms with Crippen LogP contribution in [0.1, 0.15) is 66.8 Å². The summed E-state index contributed by atoms with van der Waals surface area (Å²) in [6, 6.07) is 152. The van der Waals surface area contributed by atoms with Crippen LogP contribution in [-0.2, 0) is 16.2 Å². The van der Waals surface area contributed by atoms with Crippen molar-refractivity contribution in [3.8, 4) is 55.6 Å². The van der Waals surface area contributed by atoms with Crippen LogP contribution in [0.5, 0.6) is 0 Å². The predicted octanol–water partition coefficient (Wildman–Crippen LogP) is 25.7. The number of anilines is 6. The van der Waals surface area contributed by atoms with Gasteiger partial charge < -0.3 is 9.80 Å². The van der Waals surface area contributed by atoms with Crippen LogP contribution in [0.15, 0.2) is 400 Å². The largest absolute Gasteiger partial charge is 0.310 e. The lowest BCUT2D eigenvalue weighted by atomic mass is 9.60. The average Bonchev–Trinajstić information content (AvgIpc) is 1.60. The summed E-state index contributed by atoms with van der Waals surface area (Å²) in [6.07, 6.45) is 0. The van der Waals surface area contributed by atoms with Gasteiger partial charge in [0.2, 0.25) is 0 Å². The molecule has 2 nitrogen and oxygen atoms in total. The van der Waals surface area contributed by atoms with Crippen molar-refractivity contribution in [2.75, 3.05) is 9.80 Å². The molecule has 0 fully saturated rings. The Morgan fingerprint density at radius 3 is 0.883 bits per heavy atom. The highest BCUT2D eigenvalue weighted by atomic mass is 15.2. The van der Waals surface area contributed by atoms with Crippen LogP contribution < -0.4 is 9.80 Å². The first kappa shape index (κ1) is 58.8. The number of hydrogen-bond acceptors (Lipinski definition) is 2. The lowest BCUT2D eigenvalue weighted by molar-refractivity contribution is 0.733. The zero-order valence-corrected chi connectivity index (χ0v) is 56.5. The molecule has 2 aliphatic heterocycles. The molecule has 0 saturated heterocycles. The van der Waals surface area contributed by atoms with Crippen molar-refractivity contribution in [1.82, 2.24) is 0 Å². The van der Waals surface area contributed by atoms with Gasteiger partial charge in [-0.2, -0.15) is 0 Å². The number of hydrogen-bond donors (Lipinski definition) is 0. The number of nitrogens with zero attached hydrogens (tertiary/aromatic N) is 2. The average molecular weight is 1310 g/mol. The second-order valence-electron chi connectivity index (χ2n) is 27.9. The highest BCUT2D eigenvalue weighted by Crippen LogP contribution is 2.67. The number of fused-ring (bicyclic) bond motifs is 16. The molecule has 0 radical (unpaired) electrons. The van der Waals surface area contributed by atoms with Crippen LogP contribution in [0.3, 0.4) is 0 Å². The Labute approximate surface area is 600 Å². The van der Waals surface area contributed by atoms with E-state index in [4.69, 9.17) is 0 Å². The van der Waals surface area contributed by atoms with Gasteiger partial charge in [0.05, 0.1) is 39.0 Å². The molecule has 2 heteroatoms. The molecular weight excluding hydrogens is 1240 g/mol. The van der Waals surface area contributed by atoms with Crippen LogP contribution in [0, 0.1) is 0 Å². The van der Waals surface area contributed by atoms with Crippen molar-refractivity contribution >= 4 is 55.7 Å². The van der Waals surface area contributed by atoms with Crippen molar-refractivity contribution in [2.45, 2.75) is 16.2 Å². The molecule has 17 aromatic carbocycles. The maximum absolute atomic E-state index is 2.59. The zero-order chi connectivity index (χ0) is 67.8. The highest BCUT2D eigenvalue weighted by molar-refractivity contribution is 6.22. The first-order chi connectivity index (χ1) is 51.2. The summed E-state index contributed by atoms with van der Waals surface area (Å²) in [5, 5.41) is 4.70. The summed E-state index contributed by atoms with van der Waals surface area (Å²) < 4.78 is 0. The van der Waals surface area contributed by atoms with Gasteiger partial charge in [0, 0.05) is 22.5 Å². The molecule has 480 valence electrons. The Kier molecular flexibility index (Phi) is 13.1. The molecule has 21 rings (SSSR count). The molecule has 0 bridgehead atoms. The van der Waals surface area contributed by atoms with Crippen LogP contribution in [0.4, 0.5) is 34.1 Å². The Hall–Kier alpha value is -13.1. The summed E-state index contributed by atoms with van der Waals surface area (Å²) >= 11 is 0. The third-order valence-corrected chi connectivity index (χ3v) is 23.2. The number of para-hydroxylation sites is 4. The van der Waals surface area contributed by atoms with Crippen molar-refractivity contribution < 1.29 is 0 Å². The van der Waals surface area contributed by atoms with Crippen LogP contribution in [-0.4, -0.2) is 0 Å². The summed E-state index contributed by atoms with van der Waals surface area (Å²) in [4.78, 5) is 5.03. The smallest absolute Gasteiger partial charge is 0.0748 e. The van der Waals surface area contributed by atoms with Gasteiger partial charge in [0.25, 0.3) is 0 Å². The van der Waals surface area contributed by atoms with Crippen molar-refractivity contribution in [2.24, 2.45) is 0 Å². The first-order valence-corrected chi connectivity index (χ1v) is 36.0. The predicted molar refractivity (Wildman–Crippen MR) is 427 cm³/mol. The normalized spacial score (nSPS) is 14.2. The van der Waals surface area contributed by atoms with E-state index in [-0.39, 0.29) is 0 Å². The maximum atomic E-state index is 2.59. The van der Waals surface area contributed by atoms with E-state index < -0.39 is 16.2 Å². The Bertz CT molecular complexity index is 5830. The maximum Gasteiger partial charge on any atom is 0.0748 e. The third kappa shape index (κ3) is 8.09. The van der Waals surface area contributed by atoms with Gasteiger partial charge in [0.15, 0.2) is 0 Å². The molecule has 0 aromatic heterocycles. The van der Waals surface area contributed by atoms with Gasteiger partial charge in [0.1, 0.15) is 0 Å². The highest BCUT2D eigenvalue weighted by Gasteiger charge is 2.54. The fourth-order valence-corrected chi connectivity index (χ4v) is 19.5. The summed E-state index contributed by atoms with van der Waals surface area (Å²) in [7, 11) is 0. The van der Waals surface area contributed by atoms with E-state index in [1.165, 1.54) is 122 Å².